The normalized spacial score (nSPS) is 30.8. The first-order valence-corrected chi connectivity index (χ1v) is 21.8. The van der Waals surface area contributed by atoms with Crippen molar-refractivity contribution in [3.05, 3.63) is 0 Å². The van der Waals surface area contributed by atoms with Gasteiger partial charge >= 0.3 is 127 Å². The van der Waals surface area contributed by atoms with Gasteiger partial charge in [0, 0.05) is 0 Å². The Balaban J connectivity index is 0.000000144. The van der Waals surface area contributed by atoms with Gasteiger partial charge in [0.25, 0.3) is 0 Å². The quantitative estimate of drug-likeness (QED) is 0.415. The molecular weight excluding hydrogens is 480 g/mol. The second kappa shape index (κ2) is 9.02. The third-order valence-electron chi connectivity index (χ3n) is 2.34. The molecule has 3 saturated heterocycles. The van der Waals surface area contributed by atoms with Crippen LogP contribution < -0.4 is 0 Å². The Bertz CT molecular complexity index is 160. The van der Waals surface area contributed by atoms with E-state index in [-0.39, 0.29) is 0 Å². The van der Waals surface area contributed by atoms with Gasteiger partial charge in [-0.15, -0.1) is 0 Å². The summed E-state index contributed by atoms with van der Waals surface area (Å²) in [5, 5.41) is 0. The molecule has 0 spiro atoms. The second-order valence-corrected chi connectivity index (χ2v) is 28.5. The van der Waals surface area contributed by atoms with E-state index in [0.717, 1.165) is 4.58 Å². The number of rotatable bonds is 2. The van der Waals surface area contributed by atoms with Crippen molar-refractivity contribution in [1.82, 2.24) is 0 Å². The van der Waals surface area contributed by atoms with Crippen LogP contribution in [0.15, 0.2) is 0 Å². The zero-order valence-electron chi connectivity index (χ0n) is 8.81. The molecule has 0 radical (unpaired) electrons. The summed E-state index contributed by atoms with van der Waals surface area (Å²) in [6.07, 6.45) is 4.65. The van der Waals surface area contributed by atoms with Crippen LogP contribution in [0.2, 0.25) is 13.1 Å². The summed E-state index contributed by atoms with van der Waals surface area (Å²) in [5.74, 6) is 2.89. The minimum atomic E-state index is -0.730. The molecule has 1 atom stereocenters. The van der Waals surface area contributed by atoms with Crippen molar-refractivity contribution in [3.63, 3.8) is 0 Å². The van der Waals surface area contributed by atoms with Crippen LogP contribution in [0.25, 0.3) is 0 Å². The first kappa shape index (κ1) is 14.4. The number of thioether (sulfide) groups is 1. The fraction of sp³-hybridized carbons (Fsp3) is 1.00. The van der Waals surface area contributed by atoms with Crippen molar-refractivity contribution in [2.24, 2.45) is 0 Å². The molecule has 3 aliphatic rings. The van der Waals surface area contributed by atoms with Crippen LogP contribution in [0.4, 0.5) is 0 Å². The molecule has 6 heteroatoms. The molecule has 3 aliphatic heterocycles. The Labute approximate surface area is 125 Å². The van der Waals surface area contributed by atoms with Crippen molar-refractivity contribution in [3.8, 4) is 0 Å². The third-order valence-corrected chi connectivity index (χ3v) is 33.7. The van der Waals surface area contributed by atoms with Gasteiger partial charge in [0.2, 0.25) is 0 Å². The van der Waals surface area contributed by atoms with Crippen LogP contribution in [0.1, 0.15) is 19.3 Å². The molecule has 0 aromatic rings. The van der Waals surface area contributed by atoms with Gasteiger partial charge in [0.15, 0.2) is 0 Å². The van der Waals surface area contributed by atoms with E-state index in [9.17, 15) is 0 Å². The van der Waals surface area contributed by atoms with E-state index in [1.165, 1.54) is 17.9 Å². The van der Waals surface area contributed by atoms with Crippen molar-refractivity contribution < 1.29 is 0 Å². The van der Waals surface area contributed by atoms with Gasteiger partial charge in [0.1, 0.15) is 0 Å². The van der Waals surface area contributed by atoms with Gasteiger partial charge in [-0.3, -0.25) is 0 Å². The van der Waals surface area contributed by atoms with Gasteiger partial charge in [-0.25, -0.2) is 0 Å². The van der Waals surface area contributed by atoms with Crippen molar-refractivity contribution in [2.45, 2.75) is 36.9 Å². The summed E-state index contributed by atoms with van der Waals surface area (Å²) in [6.45, 7) is 0. The van der Waals surface area contributed by atoms with Gasteiger partial charge < -0.3 is 0 Å². The number of hydrogen-bond donors (Lipinski definition) is 0. The molecule has 0 saturated carbocycles. The molecule has 0 aromatic heterocycles. The van der Waals surface area contributed by atoms with Crippen LogP contribution in [0.3, 0.4) is 0 Å². The average molecular weight is 498 g/mol. The predicted octanol–water partition coefficient (Wildman–Crippen LogP) is 4.12. The molecule has 3 fully saturated rings. The van der Waals surface area contributed by atoms with Gasteiger partial charge in [-0.2, -0.15) is 0 Å². The van der Waals surface area contributed by atoms with E-state index >= 15 is 0 Å². The second-order valence-electron chi connectivity index (χ2n) is 3.60. The van der Waals surface area contributed by atoms with E-state index < -0.39 is 17.4 Å². The molecular formula is C9H18S4Sb2. The molecule has 0 aliphatic carbocycles. The summed E-state index contributed by atoms with van der Waals surface area (Å²) in [4.78, 5) is 0. The standard InChI is InChI=1S/C4H8.C3H6S2.C2H5S2.2Sb.H/c1-3-4-2;4-3-1-2-5-3;1-2-4-3;;;/h1-4H2;3-4H,1-2H2;3H,1-2H2;;;/q;;;;+2;/p-2. The van der Waals surface area contributed by atoms with Crippen LogP contribution >= 0.6 is 39.3 Å². The molecule has 0 N–H and O–H groups in total. The number of hydrogen-bond acceptors (Lipinski definition) is 4. The Morgan fingerprint density at radius 3 is 2.40 bits per heavy atom. The SMILES string of the molecule is C1C[CH2][SbH][CH2]1.C1[CH2][Sb]([S]C2CCS2)[S]S1. The molecule has 0 amide bonds. The van der Waals surface area contributed by atoms with E-state index in [0.29, 0.717) is 21.6 Å². The average Bonchev–Trinajstić information content (AvgIpc) is 2.87. The van der Waals surface area contributed by atoms with Gasteiger partial charge in [-0.1, -0.05) is 0 Å². The Morgan fingerprint density at radius 1 is 1.20 bits per heavy atom. The minimum absolute atomic E-state index is 0.329. The molecule has 0 bridgehead atoms. The molecule has 0 aromatic carbocycles. The molecule has 0 nitrogen and oxygen atoms in total. The van der Waals surface area contributed by atoms with E-state index in [1.807, 2.05) is 0 Å². The maximum atomic E-state index is 2.38. The van der Waals surface area contributed by atoms with Crippen molar-refractivity contribution >= 4 is 78.3 Å². The molecule has 3 heterocycles. The van der Waals surface area contributed by atoms with Gasteiger partial charge in [0.05, 0.1) is 0 Å². The monoisotopic (exact) mass is 496 g/mol. The zero-order valence-corrected chi connectivity index (χ0v) is 17.5. The first-order chi connectivity index (χ1) is 7.45. The van der Waals surface area contributed by atoms with Crippen LogP contribution in [-0.2, 0) is 0 Å². The zero-order chi connectivity index (χ0) is 10.3. The third kappa shape index (κ3) is 6.14. The Hall–Kier alpha value is 3.04. The molecule has 15 heavy (non-hydrogen) atoms. The molecule has 3 rings (SSSR count). The van der Waals surface area contributed by atoms with E-state index in [4.69, 9.17) is 0 Å². The van der Waals surface area contributed by atoms with E-state index in [1.54, 1.807) is 25.9 Å². The fourth-order valence-electron chi connectivity index (χ4n) is 1.37. The summed E-state index contributed by atoms with van der Waals surface area (Å²) in [6, 6.07) is 0. The maximum absolute atomic E-state index is 2.38. The topological polar surface area (TPSA) is 0 Å². The fourth-order valence-corrected chi connectivity index (χ4v) is 37.9. The molecule has 88 valence electrons. The van der Waals surface area contributed by atoms with Crippen LogP contribution in [0, 0.1) is 0 Å². The predicted molar refractivity (Wildman–Crippen MR) is 85.1 cm³/mol. The van der Waals surface area contributed by atoms with Crippen molar-refractivity contribution in [1.29, 1.82) is 0 Å². The molecule has 1 unspecified atom stereocenters. The summed E-state index contributed by atoms with van der Waals surface area (Å²) < 4.78 is 5.99. The summed E-state index contributed by atoms with van der Waals surface area (Å²) in [7, 11) is 6.78. The summed E-state index contributed by atoms with van der Waals surface area (Å²) >= 11 is 1.78. The Morgan fingerprint density at radius 2 is 2.00 bits per heavy atom. The van der Waals surface area contributed by atoms with Crippen LogP contribution in [0.5, 0.6) is 0 Å². The van der Waals surface area contributed by atoms with E-state index in [2.05, 4.69) is 39.3 Å². The first-order valence-electron chi connectivity index (χ1n) is 5.51. The summed E-state index contributed by atoms with van der Waals surface area (Å²) in [5.41, 5.74) is 0. The Kier molecular flexibility index (Phi) is 8.69. The van der Waals surface area contributed by atoms with Crippen LogP contribution in [-0.4, -0.2) is 55.1 Å². The van der Waals surface area contributed by atoms with Crippen molar-refractivity contribution in [2.75, 3.05) is 11.5 Å². The van der Waals surface area contributed by atoms with Gasteiger partial charge in [-0.05, 0) is 0 Å².